The van der Waals surface area contributed by atoms with E-state index in [0.717, 1.165) is 30.9 Å². The molecule has 3 nitrogen and oxygen atoms in total. The van der Waals surface area contributed by atoms with Crippen LogP contribution in [0.5, 0.6) is 0 Å². The Balaban J connectivity index is 1.90. The topological polar surface area (TPSA) is 35.5 Å². The van der Waals surface area contributed by atoms with Crippen LogP contribution in [0.25, 0.3) is 0 Å². The Morgan fingerprint density at radius 3 is 2.78 bits per heavy atom. The van der Waals surface area contributed by atoms with E-state index in [4.69, 9.17) is 9.78 Å². The van der Waals surface area contributed by atoms with Crippen LogP contribution in [-0.2, 0) is 9.78 Å². The molecule has 1 aliphatic rings. The van der Waals surface area contributed by atoms with Crippen molar-refractivity contribution < 1.29 is 14.6 Å². The lowest BCUT2D eigenvalue weighted by Gasteiger charge is -2.25. The predicted octanol–water partition coefficient (Wildman–Crippen LogP) is 3.83. The van der Waals surface area contributed by atoms with Crippen LogP contribution in [0, 0.1) is 18.9 Å². The van der Waals surface area contributed by atoms with Gasteiger partial charge in [-0.2, -0.15) is 4.89 Å². The van der Waals surface area contributed by atoms with Crippen LogP contribution in [0.1, 0.15) is 48.5 Å². The highest BCUT2D eigenvalue weighted by molar-refractivity contribution is 5.90. The fraction of sp³-hybridized carbons (Fsp3) is 0.467. The van der Waals surface area contributed by atoms with Crippen molar-refractivity contribution in [1.29, 1.82) is 0 Å². The first-order valence-electron chi connectivity index (χ1n) is 6.48. The predicted molar refractivity (Wildman–Crippen MR) is 68.6 cm³/mol. The van der Waals surface area contributed by atoms with E-state index in [9.17, 15) is 4.79 Å². The van der Waals surface area contributed by atoms with Crippen LogP contribution >= 0.6 is 0 Å². The molecule has 3 heteroatoms. The van der Waals surface area contributed by atoms with Crippen molar-refractivity contribution in [1.82, 2.24) is 0 Å². The van der Waals surface area contributed by atoms with Crippen LogP contribution in [0.15, 0.2) is 24.3 Å². The highest BCUT2D eigenvalue weighted by Crippen LogP contribution is 2.32. The van der Waals surface area contributed by atoms with Crippen molar-refractivity contribution in [3.63, 3.8) is 0 Å². The maximum atomic E-state index is 11.9. The molecule has 0 amide bonds. The van der Waals surface area contributed by atoms with Gasteiger partial charge in [-0.15, -0.1) is 0 Å². The van der Waals surface area contributed by atoms with E-state index in [2.05, 4.69) is 6.92 Å². The number of benzene rings is 1. The molecule has 1 aliphatic carbocycles. The highest BCUT2D eigenvalue weighted by atomic mass is 17.2. The Hall–Kier alpha value is -1.35. The third kappa shape index (κ3) is 3.10. The van der Waals surface area contributed by atoms with Gasteiger partial charge in [-0.25, -0.2) is 4.79 Å². The van der Waals surface area contributed by atoms with Crippen molar-refractivity contribution in [2.75, 3.05) is 0 Å². The lowest BCUT2D eigenvalue weighted by molar-refractivity contribution is -0.246. The number of hydrogen-bond acceptors (Lipinski definition) is 3. The first-order chi connectivity index (χ1) is 8.68. The molecular formula is C15H19O3. The monoisotopic (exact) mass is 247 g/mol. The molecule has 1 fully saturated rings. The maximum Gasteiger partial charge on any atom is 0.373 e. The molecule has 0 aromatic heterocycles. The molecule has 2 rings (SSSR count). The van der Waals surface area contributed by atoms with Gasteiger partial charge < -0.3 is 0 Å². The Labute approximate surface area is 108 Å². The first-order valence-corrected chi connectivity index (χ1v) is 6.48. The fourth-order valence-electron chi connectivity index (χ4n) is 2.22. The van der Waals surface area contributed by atoms with Crippen molar-refractivity contribution >= 4 is 5.97 Å². The summed E-state index contributed by atoms with van der Waals surface area (Å²) < 4.78 is 0. The summed E-state index contributed by atoms with van der Waals surface area (Å²) in [6.07, 6.45) is 5.23. The van der Waals surface area contributed by atoms with Crippen molar-refractivity contribution in [2.24, 2.45) is 5.92 Å². The molecule has 0 N–H and O–H groups in total. The van der Waals surface area contributed by atoms with E-state index in [-0.39, 0.29) is 0 Å². The largest absolute Gasteiger partial charge is 0.373 e. The van der Waals surface area contributed by atoms with Gasteiger partial charge in [0.1, 0.15) is 0 Å². The van der Waals surface area contributed by atoms with Gasteiger partial charge in [-0.1, -0.05) is 38.0 Å². The third-order valence-electron chi connectivity index (χ3n) is 3.45. The average molecular weight is 247 g/mol. The van der Waals surface area contributed by atoms with Gasteiger partial charge in [-0.05, 0) is 37.3 Å². The average Bonchev–Trinajstić information content (AvgIpc) is 2.38. The number of carbonyl (C=O) groups is 1. The standard InChI is InChI=1S/C15H19O3/c1-11-7-3-5-9-13(11)15(16)18-17-14-10-6-4-8-12(14)2/h3,5,7,9,12H,4,6,8,10H2,1-2H3. The summed E-state index contributed by atoms with van der Waals surface area (Å²) in [5.74, 6) is -0.0400. The Morgan fingerprint density at radius 1 is 1.28 bits per heavy atom. The molecule has 0 heterocycles. The molecule has 1 aromatic carbocycles. The van der Waals surface area contributed by atoms with E-state index in [0.29, 0.717) is 11.5 Å². The normalized spacial score (nSPS) is 20.7. The summed E-state index contributed by atoms with van der Waals surface area (Å²) in [5.41, 5.74) is 1.45. The minimum atomic E-state index is -0.418. The number of hydrogen-bond donors (Lipinski definition) is 0. The Morgan fingerprint density at radius 2 is 2.06 bits per heavy atom. The second-order valence-electron chi connectivity index (χ2n) is 4.88. The molecule has 1 atom stereocenters. The van der Waals surface area contributed by atoms with Gasteiger partial charge in [0.05, 0.1) is 5.56 Å². The van der Waals surface area contributed by atoms with Crippen LogP contribution in [0.3, 0.4) is 0 Å². The SMILES string of the molecule is Cc1ccccc1C(=O)OO[C]1CCCCC1C. The summed E-state index contributed by atoms with van der Waals surface area (Å²) >= 11 is 0. The van der Waals surface area contributed by atoms with Crippen LogP contribution in [0.4, 0.5) is 0 Å². The molecule has 1 saturated carbocycles. The van der Waals surface area contributed by atoms with Gasteiger partial charge >= 0.3 is 5.97 Å². The van der Waals surface area contributed by atoms with Crippen molar-refractivity contribution in [2.45, 2.75) is 39.5 Å². The number of carbonyl (C=O) groups excluding carboxylic acids is 1. The van der Waals surface area contributed by atoms with Crippen LogP contribution < -0.4 is 0 Å². The second-order valence-corrected chi connectivity index (χ2v) is 4.88. The van der Waals surface area contributed by atoms with E-state index < -0.39 is 5.97 Å². The first kappa shape index (κ1) is 13.1. The molecule has 0 bridgehead atoms. The number of aryl methyl sites for hydroxylation is 1. The fourth-order valence-corrected chi connectivity index (χ4v) is 2.22. The molecule has 0 saturated heterocycles. The lowest BCUT2D eigenvalue weighted by Crippen LogP contribution is -2.20. The quantitative estimate of drug-likeness (QED) is 0.601. The van der Waals surface area contributed by atoms with E-state index in [1.807, 2.05) is 25.1 Å². The van der Waals surface area contributed by atoms with Gasteiger partial charge in [0.2, 0.25) is 0 Å². The maximum absolute atomic E-state index is 11.9. The summed E-state index contributed by atoms with van der Waals surface area (Å²) in [6, 6.07) is 7.34. The minimum absolute atomic E-state index is 0.378. The Bertz CT molecular complexity index is 414. The van der Waals surface area contributed by atoms with Gasteiger partial charge in [0, 0.05) is 0 Å². The second kappa shape index (κ2) is 6.01. The Kier molecular flexibility index (Phi) is 4.37. The van der Waals surface area contributed by atoms with Crippen molar-refractivity contribution in [3.05, 3.63) is 41.5 Å². The molecule has 0 spiro atoms. The number of rotatable bonds is 3. The van der Waals surface area contributed by atoms with Gasteiger partial charge in [-0.3, -0.25) is 4.89 Å². The summed E-state index contributed by atoms with van der Waals surface area (Å²) in [5, 5.41) is 0. The zero-order chi connectivity index (χ0) is 13.0. The van der Waals surface area contributed by atoms with Crippen LogP contribution in [0.2, 0.25) is 0 Å². The smallest absolute Gasteiger partial charge is 0.292 e. The molecule has 1 radical (unpaired) electrons. The summed E-state index contributed by atoms with van der Waals surface area (Å²) in [7, 11) is 0. The summed E-state index contributed by atoms with van der Waals surface area (Å²) in [4.78, 5) is 22.0. The zero-order valence-corrected chi connectivity index (χ0v) is 10.9. The van der Waals surface area contributed by atoms with Crippen molar-refractivity contribution in [3.8, 4) is 0 Å². The van der Waals surface area contributed by atoms with Crippen LogP contribution in [-0.4, -0.2) is 5.97 Å². The molecule has 1 unspecified atom stereocenters. The zero-order valence-electron chi connectivity index (χ0n) is 10.9. The van der Waals surface area contributed by atoms with Gasteiger partial charge in [0.25, 0.3) is 0 Å². The third-order valence-corrected chi connectivity index (χ3v) is 3.45. The molecule has 0 aliphatic heterocycles. The van der Waals surface area contributed by atoms with E-state index >= 15 is 0 Å². The molecule has 97 valence electrons. The molecule has 18 heavy (non-hydrogen) atoms. The van der Waals surface area contributed by atoms with Gasteiger partial charge in [0.15, 0.2) is 6.10 Å². The summed E-state index contributed by atoms with van der Waals surface area (Å²) in [6.45, 7) is 3.99. The molecular weight excluding hydrogens is 228 g/mol. The molecule has 1 aromatic rings. The minimum Gasteiger partial charge on any atom is -0.292 e. The highest BCUT2D eigenvalue weighted by Gasteiger charge is 2.26. The van der Waals surface area contributed by atoms with E-state index in [1.54, 1.807) is 6.07 Å². The van der Waals surface area contributed by atoms with E-state index in [1.165, 1.54) is 6.42 Å². The lowest BCUT2D eigenvalue weighted by atomic mass is 9.88.